The molecule has 3 aromatic rings. The van der Waals surface area contributed by atoms with Crippen LogP contribution >= 0.6 is 0 Å². The molecule has 0 aromatic heterocycles. The molecule has 0 bridgehead atoms. The van der Waals surface area contributed by atoms with E-state index in [0.29, 0.717) is 28.5 Å². The number of carbonyl (C=O) groups is 3. The number of benzene rings is 3. The fourth-order valence-electron chi connectivity index (χ4n) is 3.37. The number of nitrogens with one attached hydrogen (secondary N) is 1. The highest BCUT2D eigenvalue weighted by Gasteiger charge is 2.33. The van der Waals surface area contributed by atoms with Gasteiger partial charge in [0.05, 0.1) is 11.1 Å². The average molecular weight is 414 g/mol. The van der Waals surface area contributed by atoms with Crippen LogP contribution in [0.4, 0.5) is 5.69 Å². The van der Waals surface area contributed by atoms with Gasteiger partial charge in [0, 0.05) is 18.3 Å². The molecule has 0 fully saturated rings. The second kappa shape index (κ2) is 8.07. The summed E-state index contributed by atoms with van der Waals surface area (Å²) < 4.78 is 5.85. The van der Waals surface area contributed by atoms with Gasteiger partial charge in [-0.2, -0.15) is 0 Å². The summed E-state index contributed by atoms with van der Waals surface area (Å²) >= 11 is 0. The Morgan fingerprint density at radius 3 is 2.03 bits per heavy atom. The van der Waals surface area contributed by atoms with Gasteiger partial charge in [-0.1, -0.05) is 26.0 Å². The number of amides is 3. The van der Waals surface area contributed by atoms with Crippen molar-refractivity contribution in [3.63, 3.8) is 0 Å². The Morgan fingerprint density at radius 1 is 0.839 bits per heavy atom. The van der Waals surface area contributed by atoms with E-state index in [1.165, 1.54) is 30.8 Å². The Hall–Kier alpha value is -3.93. The van der Waals surface area contributed by atoms with Crippen molar-refractivity contribution < 1.29 is 19.1 Å². The SMILES string of the molecule is CC(C)c1ccc(Oc2ccc(NC(=O)c3ccc4c(c3)C(=O)N(C)C4=O)cc2)cc1. The average Bonchev–Trinajstić information content (AvgIpc) is 2.99. The largest absolute Gasteiger partial charge is 0.457 e. The van der Waals surface area contributed by atoms with Crippen LogP contribution in [0.3, 0.4) is 0 Å². The van der Waals surface area contributed by atoms with Gasteiger partial charge in [0.25, 0.3) is 17.7 Å². The Balaban J connectivity index is 1.43. The van der Waals surface area contributed by atoms with Gasteiger partial charge in [-0.15, -0.1) is 0 Å². The van der Waals surface area contributed by atoms with E-state index >= 15 is 0 Å². The maximum Gasteiger partial charge on any atom is 0.261 e. The minimum absolute atomic E-state index is 0.243. The summed E-state index contributed by atoms with van der Waals surface area (Å²) in [5, 5.41) is 2.79. The number of imide groups is 1. The first-order chi connectivity index (χ1) is 14.8. The van der Waals surface area contributed by atoms with E-state index in [0.717, 1.165) is 10.6 Å². The van der Waals surface area contributed by atoms with E-state index in [1.54, 1.807) is 24.3 Å². The Labute approximate surface area is 180 Å². The predicted octanol–water partition coefficient (Wildman–Crippen LogP) is 5.08. The number of anilines is 1. The molecule has 31 heavy (non-hydrogen) atoms. The van der Waals surface area contributed by atoms with Gasteiger partial charge >= 0.3 is 0 Å². The maximum absolute atomic E-state index is 12.6. The number of nitrogens with zero attached hydrogens (tertiary/aromatic N) is 1. The lowest BCUT2D eigenvalue weighted by atomic mass is 10.0. The third-order valence-corrected chi connectivity index (χ3v) is 5.25. The lowest BCUT2D eigenvalue weighted by molar-refractivity contribution is 0.0693. The highest BCUT2D eigenvalue weighted by atomic mass is 16.5. The van der Waals surface area contributed by atoms with E-state index in [1.807, 2.05) is 24.3 Å². The van der Waals surface area contributed by atoms with E-state index in [2.05, 4.69) is 19.2 Å². The summed E-state index contributed by atoms with van der Waals surface area (Å²) in [5.74, 6) is 0.722. The first-order valence-electron chi connectivity index (χ1n) is 9.99. The number of hydrogen-bond donors (Lipinski definition) is 1. The molecular formula is C25H22N2O4. The number of carbonyl (C=O) groups excluding carboxylic acids is 3. The molecule has 156 valence electrons. The molecule has 0 aliphatic carbocycles. The molecule has 0 saturated carbocycles. The van der Waals surface area contributed by atoms with E-state index in [-0.39, 0.29) is 17.4 Å². The van der Waals surface area contributed by atoms with Gasteiger partial charge in [0.1, 0.15) is 11.5 Å². The van der Waals surface area contributed by atoms with E-state index in [9.17, 15) is 14.4 Å². The molecule has 1 heterocycles. The van der Waals surface area contributed by atoms with Gasteiger partial charge in [-0.3, -0.25) is 19.3 Å². The molecule has 0 saturated heterocycles. The number of fused-ring (bicyclic) bond motifs is 1. The Bertz CT molecular complexity index is 1170. The summed E-state index contributed by atoms with van der Waals surface area (Å²) in [4.78, 5) is 37.8. The third kappa shape index (κ3) is 4.05. The van der Waals surface area contributed by atoms with Crippen LogP contribution in [-0.2, 0) is 0 Å². The van der Waals surface area contributed by atoms with E-state index < -0.39 is 5.91 Å². The topological polar surface area (TPSA) is 75.7 Å². The third-order valence-electron chi connectivity index (χ3n) is 5.25. The Morgan fingerprint density at radius 2 is 1.42 bits per heavy atom. The smallest absolute Gasteiger partial charge is 0.261 e. The summed E-state index contributed by atoms with van der Waals surface area (Å²) in [6, 6.07) is 19.5. The van der Waals surface area contributed by atoms with Crippen LogP contribution in [0.15, 0.2) is 66.7 Å². The maximum atomic E-state index is 12.6. The van der Waals surface area contributed by atoms with Crippen LogP contribution in [-0.4, -0.2) is 29.7 Å². The predicted molar refractivity (Wildman–Crippen MR) is 118 cm³/mol. The van der Waals surface area contributed by atoms with Gasteiger partial charge in [0.2, 0.25) is 0 Å². The number of ether oxygens (including phenoxy) is 1. The zero-order valence-corrected chi connectivity index (χ0v) is 17.5. The second-order valence-corrected chi connectivity index (χ2v) is 7.73. The van der Waals surface area contributed by atoms with Crippen LogP contribution in [0.1, 0.15) is 56.4 Å². The molecule has 6 heteroatoms. The van der Waals surface area contributed by atoms with E-state index in [4.69, 9.17) is 4.74 Å². The van der Waals surface area contributed by atoms with Crippen molar-refractivity contribution in [3.05, 3.63) is 89.0 Å². The summed E-state index contributed by atoms with van der Waals surface area (Å²) in [7, 11) is 1.42. The molecule has 3 amide bonds. The lowest BCUT2D eigenvalue weighted by Crippen LogP contribution is -2.24. The molecule has 6 nitrogen and oxygen atoms in total. The van der Waals surface area contributed by atoms with Crippen molar-refractivity contribution in [1.29, 1.82) is 0 Å². The van der Waals surface area contributed by atoms with Crippen LogP contribution < -0.4 is 10.1 Å². The van der Waals surface area contributed by atoms with Crippen LogP contribution in [0.5, 0.6) is 11.5 Å². The highest BCUT2D eigenvalue weighted by Crippen LogP contribution is 2.26. The van der Waals surface area contributed by atoms with Crippen molar-refractivity contribution in [2.45, 2.75) is 19.8 Å². The second-order valence-electron chi connectivity index (χ2n) is 7.73. The van der Waals surface area contributed by atoms with Gasteiger partial charge in [0.15, 0.2) is 0 Å². The minimum Gasteiger partial charge on any atom is -0.457 e. The Kier molecular flexibility index (Phi) is 5.29. The van der Waals surface area contributed by atoms with Crippen LogP contribution in [0.25, 0.3) is 0 Å². The molecule has 0 unspecified atom stereocenters. The molecule has 0 atom stereocenters. The van der Waals surface area contributed by atoms with Crippen molar-refractivity contribution in [2.75, 3.05) is 12.4 Å². The quantitative estimate of drug-likeness (QED) is 0.591. The molecule has 1 aliphatic rings. The first kappa shape index (κ1) is 20.3. The first-order valence-corrected chi connectivity index (χ1v) is 9.99. The fourth-order valence-corrected chi connectivity index (χ4v) is 3.37. The fraction of sp³-hybridized carbons (Fsp3) is 0.160. The van der Waals surface area contributed by atoms with Crippen molar-refractivity contribution in [2.24, 2.45) is 0 Å². The summed E-state index contributed by atoms with van der Waals surface area (Å²) in [6.45, 7) is 4.28. The molecule has 0 radical (unpaired) electrons. The van der Waals surface area contributed by atoms with Crippen LogP contribution in [0.2, 0.25) is 0 Å². The number of hydrogen-bond acceptors (Lipinski definition) is 4. The van der Waals surface area contributed by atoms with Crippen molar-refractivity contribution in [3.8, 4) is 11.5 Å². The van der Waals surface area contributed by atoms with Gasteiger partial charge < -0.3 is 10.1 Å². The molecule has 1 N–H and O–H groups in total. The highest BCUT2D eigenvalue weighted by molar-refractivity contribution is 6.22. The standard InChI is InChI=1S/C25H22N2O4/c1-15(2)16-4-9-19(10-5-16)31-20-11-7-18(8-12-20)26-23(28)17-6-13-21-22(14-17)25(30)27(3)24(21)29/h4-15H,1-3H3,(H,26,28). The molecule has 0 spiro atoms. The summed E-state index contributed by atoms with van der Waals surface area (Å²) in [6.07, 6.45) is 0. The normalized spacial score (nSPS) is 12.8. The molecule has 1 aliphatic heterocycles. The lowest BCUT2D eigenvalue weighted by Gasteiger charge is -2.10. The van der Waals surface area contributed by atoms with Crippen molar-refractivity contribution >= 4 is 23.4 Å². The van der Waals surface area contributed by atoms with Gasteiger partial charge in [-0.05, 0) is 66.1 Å². The molecular weight excluding hydrogens is 392 g/mol. The zero-order chi connectivity index (χ0) is 22.1. The zero-order valence-electron chi connectivity index (χ0n) is 17.5. The summed E-state index contributed by atoms with van der Waals surface area (Å²) in [5.41, 5.74) is 2.70. The minimum atomic E-state index is -0.405. The van der Waals surface area contributed by atoms with Crippen molar-refractivity contribution in [1.82, 2.24) is 4.90 Å². The van der Waals surface area contributed by atoms with Crippen LogP contribution in [0, 0.1) is 0 Å². The number of rotatable bonds is 5. The van der Waals surface area contributed by atoms with Gasteiger partial charge in [-0.25, -0.2) is 0 Å². The molecule has 3 aromatic carbocycles. The monoisotopic (exact) mass is 414 g/mol. The molecule has 4 rings (SSSR count).